The molecule has 1 aliphatic rings. The molecule has 174 valence electrons. The van der Waals surface area contributed by atoms with Crippen molar-refractivity contribution in [2.75, 3.05) is 39.3 Å². The number of piperidine rings is 1. The van der Waals surface area contributed by atoms with E-state index in [9.17, 15) is 4.79 Å². The Hall–Kier alpha value is -3.75. The van der Waals surface area contributed by atoms with Crippen LogP contribution in [0.3, 0.4) is 0 Å². The summed E-state index contributed by atoms with van der Waals surface area (Å²) >= 11 is 0. The van der Waals surface area contributed by atoms with Gasteiger partial charge in [-0.1, -0.05) is 5.16 Å². The number of carbonyl (C=O) groups excluding carboxylic acids is 1. The van der Waals surface area contributed by atoms with Crippen molar-refractivity contribution in [2.45, 2.75) is 19.4 Å². The first kappa shape index (κ1) is 22.4. The maximum atomic E-state index is 12.7. The number of anilines is 1. The van der Waals surface area contributed by atoms with Gasteiger partial charge in [-0.3, -0.25) is 4.79 Å². The van der Waals surface area contributed by atoms with Gasteiger partial charge in [-0.25, -0.2) is 0 Å². The van der Waals surface area contributed by atoms with Gasteiger partial charge in [0, 0.05) is 36.7 Å². The Morgan fingerprint density at radius 2 is 1.73 bits per heavy atom. The summed E-state index contributed by atoms with van der Waals surface area (Å²) in [5, 5.41) is 7.12. The summed E-state index contributed by atoms with van der Waals surface area (Å²) in [6, 6.07) is 13.5. The molecule has 9 heteroatoms. The molecule has 2 aromatic carbocycles. The Kier molecular flexibility index (Phi) is 6.97. The molecule has 3 aromatic rings. The summed E-state index contributed by atoms with van der Waals surface area (Å²) in [5.41, 5.74) is 1.73. The Morgan fingerprint density at radius 3 is 2.39 bits per heavy atom. The van der Waals surface area contributed by atoms with Gasteiger partial charge >= 0.3 is 6.01 Å². The molecule has 0 atom stereocenters. The van der Waals surface area contributed by atoms with Crippen LogP contribution in [0.25, 0.3) is 11.4 Å². The smallest absolute Gasteiger partial charge is 0.324 e. The van der Waals surface area contributed by atoms with Gasteiger partial charge < -0.3 is 29.0 Å². The number of ether oxygens (including phenoxy) is 3. The molecular formula is C24H28N4O5. The Labute approximate surface area is 192 Å². The van der Waals surface area contributed by atoms with Gasteiger partial charge in [0.05, 0.1) is 21.3 Å². The van der Waals surface area contributed by atoms with Crippen LogP contribution in [0.15, 0.2) is 47.0 Å². The van der Waals surface area contributed by atoms with Crippen LogP contribution in [-0.4, -0.2) is 50.5 Å². The van der Waals surface area contributed by atoms with Gasteiger partial charge in [0.25, 0.3) is 0 Å². The number of amides is 1. The number of hydrogen-bond donors (Lipinski definition) is 1. The Morgan fingerprint density at radius 1 is 1.03 bits per heavy atom. The number of aromatic nitrogens is 2. The summed E-state index contributed by atoms with van der Waals surface area (Å²) in [5.74, 6) is 2.70. The highest BCUT2D eigenvalue weighted by Gasteiger charge is 2.27. The lowest BCUT2D eigenvalue weighted by atomic mass is 9.96. The molecule has 0 unspecified atom stereocenters. The van der Waals surface area contributed by atoms with Gasteiger partial charge in [-0.05, 0) is 55.3 Å². The van der Waals surface area contributed by atoms with E-state index in [1.54, 1.807) is 21.3 Å². The summed E-state index contributed by atoms with van der Waals surface area (Å²) in [6.45, 7) is 1.73. The third-order valence-electron chi connectivity index (χ3n) is 5.84. The molecule has 1 N–H and O–H groups in total. The Balaban J connectivity index is 1.31. The SMILES string of the molecule is COc1ccc(-c2noc(N3CCC(C(=O)NCc4cc(OC)ccc4OC)CC3)n2)cc1. The lowest BCUT2D eigenvalue weighted by Gasteiger charge is -2.29. The normalized spacial score (nSPS) is 14.1. The molecule has 2 heterocycles. The lowest BCUT2D eigenvalue weighted by molar-refractivity contribution is -0.125. The summed E-state index contributed by atoms with van der Waals surface area (Å²) in [4.78, 5) is 19.3. The molecule has 9 nitrogen and oxygen atoms in total. The maximum Gasteiger partial charge on any atom is 0.324 e. The van der Waals surface area contributed by atoms with E-state index in [0.29, 0.717) is 44.3 Å². The van der Waals surface area contributed by atoms with Crippen molar-refractivity contribution in [1.29, 1.82) is 0 Å². The first-order valence-electron chi connectivity index (χ1n) is 10.8. The van der Waals surface area contributed by atoms with Crippen LogP contribution >= 0.6 is 0 Å². The van der Waals surface area contributed by atoms with Crippen molar-refractivity contribution in [1.82, 2.24) is 15.5 Å². The topological polar surface area (TPSA) is 99.0 Å². The molecule has 4 rings (SSSR count). The van der Waals surface area contributed by atoms with Crippen molar-refractivity contribution in [3.63, 3.8) is 0 Å². The molecule has 1 aromatic heterocycles. The summed E-state index contributed by atoms with van der Waals surface area (Å²) < 4.78 is 21.3. The van der Waals surface area contributed by atoms with Crippen LogP contribution in [0.2, 0.25) is 0 Å². The molecule has 0 bridgehead atoms. The molecule has 33 heavy (non-hydrogen) atoms. The third-order valence-corrected chi connectivity index (χ3v) is 5.84. The van der Waals surface area contributed by atoms with Crippen LogP contribution in [-0.2, 0) is 11.3 Å². The van der Waals surface area contributed by atoms with Crippen LogP contribution < -0.4 is 24.4 Å². The largest absolute Gasteiger partial charge is 0.497 e. The second-order valence-electron chi connectivity index (χ2n) is 7.79. The highest BCUT2D eigenvalue weighted by Crippen LogP contribution is 2.27. The van der Waals surface area contributed by atoms with E-state index in [1.165, 1.54) is 0 Å². The first-order chi connectivity index (χ1) is 16.1. The van der Waals surface area contributed by atoms with Gasteiger partial charge in [-0.15, -0.1) is 0 Å². The van der Waals surface area contributed by atoms with E-state index in [4.69, 9.17) is 18.7 Å². The number of hydrogen-bond acceptors (Lipinski definition) is 8. The molecule has 0 radical (unpaired) electrons. The lowest BCUT2D eigenvalue weighted by Crippen LogP contribution is -2.40. The molecular weight excluding hydrogens is 424 g/mol. The van der Waals surface area contributed by atoms with E-state index >= 15 is 0 Å². The molecule has 1 saturated heterocycles. The van der Waals surface area contributed by atoms with Crippen LogP contribution in [0.5, 0.6) is 17.2 Å². The van der Waals surface area contributed by atoms with Gasteiger partial charge in [0.2, 0.25) is 11.7 Å². The fourth-order valence-corrected chi connectivity index (χ4v) is 3.88. The predicted octanol–water partition coefficient (Wildman–Crippen LogP) is 3.30. The number of rotatable bonds is 8. The van der Waals surface area contributed by atoms with Crippen LogP contribution in [0.4, 0.5) is 6.01 Å². The van der Waals surface area contributed by atoms with E-state index in [0.717, 1.165) is 28.4 Å². The van der Waals surface area contributed by atoms with E-state index in [1.807, 2.05) is 47.4 Å². The summed E-state index contributed by atoms with van der Waals surface area (Å²) in [7, 11) is 4.85. The standard InChI is InChI=1S/C24H28N4O5/c1-30-19-6-4-16(5-7-19)22-26-24(33-27-22)28-12-10-17(11-13-28)23(29)25-15-18-14-20(31-2)8-9-21(18)32-3/h4-9,14,17H,10-13,15H2,1-3H3,(H,25,29). The fourth-order valence-electron chi connectivity index (χ4n) is 3.88. The van der Waals surface area contributed by atoms with Gasteiger partial charge in [-0.2, -0.15) is 4.98 Å². The molecule has 1 fully saturated rings. The number of nitrogens with zero attached hydrogens (tertiary/aromatic N) is 3. The summed E-state index contributed by atoms with van der Waals surface area (Å²) in [6.07, 6.45) is 1.42. The average Bonchev–Trinajstić information content (AvgIpc) is 3.37. The fraction of sp³-hybridized carbons (Fsp3) is 0.375. The minimum atomic E-state index is -0.0677. The highest BCUT2D eigenvalue weighted by molar-refractivity contribution is 5.79. The van der Waals surface area contributed by atoms with Crippen LogP contribution in [0, 0.1) is 5.92 Å². The zero-order valence-corrected chi connectivity index (χ0v) is 19.0. The second kappa shape index (κ2) is 10.2. The number of methoxy groups -OCH3 is 3. The molecule has 1 amide bonds. The molecule has 0 saturated carbocycles. The van der Waals surface area contributed by atoms with Gasteiger partial charge in [0.1, 0.15) is 17.2 Å². The minimum absolute atomic E-state index is 0.0315. The molecule has 1 aliphatic heterocycles. The third kappa shape index (κ3) is 5.19. The van der Waals surface area contributed by atoms with Crippen molar-refractivity contribution in [3.8, 4) is 28.6 Å². The zero-order chi connectivity index (χ0) is 23.2. The average molecular weight is 453 g/mol. The van der Waals surface area contributed by atoms with E-state index in [2.05, 4.69) is 15.5 Å². The Bertz CT molecular complexity index is 1070. The van der Waals surface area contributed by atoms with Crippen molar-refractivity contribution < 1.29 is 23.5 Å². The van der Waals surface area contributed by atoms with Crippen molar-refractivity contribution >= 4 is 11.9 Å². The minimum Gasteiger partial charge on any atom is -0.497 e. The van der Waals surface area contributed by atoms with Gasteiger partial charge in [0.15, 0.2) is 0 Å². The first-order valence-corrected chi connectivity index (χ1v) is 10.8. The second-order valence-corrected chi connectivity index (χ2v) is 7.79. The highest BCUT2D eigenvalue weighted by atomic mass is 16.5. The monoisotopic (exact) mass is 452 g/mol. The number of nitrogens with one attached hydrogen (secondary N) is 1. The van der Waals surface area contributed by atoms with Crippen molar-refractivity contribution in [2.24, 2.45) is 5.92 Å². The van der Waals surface area contributed by atoms with E-state index in [-0.39, 0.29) is 11.8 Å². The van der Waals surface area contributed by atoms with Crippen molar-refractivity contribution in [3.05, 3.63) is 48.0 Å². The van der Waals surface area contributed by atoms with E-state index < -0.39 is 0 Å². The quantitative estimate of drug-likeness (QED) is 0.556. The van der Waals surface area contributed by atoms with Crippen LogP contribution in [0.1, 0.15) is 18.4 Å². The number of carbonyl (C=O) groups is 1. The predicted molar refractivity (Wildman–Crippen MR) is 123 cm³/mol. The number of benzene rings is 2. The zero-order valence-electron chi connectivity index (χ0n) is 19.0. The molecule has 0 aliphatic carbocycles. The molecule has 0 spiro atoms. The maximum absolute atomic E-state index is 12.7.